The Bertz CT molecular complexity index is 669. The quantitative estimate of drug-likeness (QED) is 0.222. The van der Waals surface area contributed by atoms with Crippen molar-refractivity contribution in [1.82, 2.24) is 0 Å². The summed E-state index contributed by atoms with van der Waals surface area (Å²) < 4.78 is 12.0. The van der Waals surface area contributed by atoms with Crippen LogP contribution in [0.15, 0.2) is 30.3 Å². The molecule has 0 spiro atoms. The van der Waals surface area contributed by atoms with Gasteiger partial charge in [-0.3, -0.25) is 0 Å². The molecular weight excluding hydrogens is 400 g/mol. The molecule has 27 heavy (non-hydrogen) atoms. The third-order valence-corrected chi connectivity index (χ3v) is 5.57. The lowest BCUT2D eigenvalue weighted by Crippen LogP contribution is -2.00. The van der Waals surface area contributed by atoms with Crippen LogP contribution in [0.25, 0.3) is 10.8 Å². The predicted molar refractivity (Wildman–Crippen MR) is 121 cm³/mol. The average Bonchev–Trinajstić information content (AvgIpc) is 2.69. The summed E-state index contributed by atoms with van der Waals surface area (Å²) in [6, 6.07) is 10.7. The zero-order chi connectivity index (χ0) is 19.3. The number of hydrogen-bond donors (Lipinski definition) is 0. The highest BCUT2D eigenvalue weighted by molar-refractivity contribution is 9.09. The molecule has 2 nitrogen and oxygen atoms in total. The molecular formula is C24H35BrO2. The van der Waals surface area contributed by atoms with Crippen molar-refractivity contribution in [3.8, 4) is 11.5 Å². The molecule has 0 saturated carbocycles. The molecule has 2 aromatic carbocycles. The molecule has 150 valence electrons. The van der Waals surface area contributed by atoms with Crippen LogP contribution >= 0.6 is 15.9 Å². The van der Waals surface area contributed by atoms with E-state index in [0.717, 1.165) is 42.9 Å². The second kappa shape index (κ2) is 13.0. The number of alkyl halides is 1. The maximum absolute atomic E-state index is 6.02. The molecule has 2 aromatic rings. The Hall–Kier alpha value is -1.22. The molecule has 0 aromatic heterocycles. The second-order valence-corrected chi connectivity index (χ2v) is 8.08. The van der Waals surface area contributed by atoms with E-state index in [-0.39, 0.29) is 0 Å². The molecule has 0 aliphatic rings. The lowest BCUT2D eigenvalue weighted by Gasteiger charge is -2.13. The largest absolute Gasteiger partial charge is 0.494 e. The standard InChI is InChI=1S/C24H35BrO2/c1-3-4-5-7-10-17-26-22-13-14-23-20(2)24(15-12-21(23)19-22)27-18-11-8-6-9-16-25/h12-15,19H,3-11,16-18H2,1-2H3. The minimum absolute atomic E-state index is 0.799. The molecule has 3 heteroatoms. The summed E-state index contributed by atoms with van der Waals surface area (Å²) >= 11 is 3.48. The van der Waals surface area contributed by atoms with Crippen LogP contribution in [0.1, 0.15) is 70.3 Å². The smallest absolute Gasteiger partial charge is 0.122 e. The minimum atomic E-state index is 0.799. The van der Waals surface area contributed by atoms with Gasteiger partial charge in [-0.15, -0.1) is 0 Å². The molecule has 0 unspecified atom stereocenters. The van der Waals surface area contributed by atoms with Gasteiger partial charge in [0.2, 0.25) is 0 Å². The third-order valence-electron chi connectivity index (χ3n) is 5.01. The Balaban J connectivity index is 1.84. The average molecular weight is 435 g/mol. The molecule has 0 bridgehead atoms. The van der Waals surface area contributed by atoms with Crippen molar-refractivity contribution in [2.45, 2.75) is 71.6 Å². The van der Waals surface area contributed by atoms with E-state index in [1.165, 1.54) is 61.3 Å². The summed E-state index contributed by atoms with van der Waals surface area (Å²) in [6.07, 6.45) is 11.2. The summed E-state index contributed by atoms with van der Waals surface area (Å²) in [5.74, 6) is 1.98. The van der Waals surface area contributed by atoms with Crippen LogP contribution in [-0.4, -0.2) is 18.5 Å². The molecule has 0 N–H and O–H groups in total. The van der Waals surface area contributed by atoms with E-state index in [2.05, 4.69) is 60.1 Å². The summed E-state index contributed by atoms with van der Waals surface area (Å²) in [5.41, 5.74) is 1.22. The van der Waals surface area contributed by atoms with Crippen LogP contribution in [0, 0.1) is 6.92 Å². The zero-order valence-corrected chi connectivity index (χ0v) is 18.7. The summed E-state index contributed by atoms with van der Waals surface area (Å²) in [5, 5.41) is 3.57. The number of benzene rings is 2. The Morgan fingerprint density at radius 2 is 1.48 bits per heavy atom. The highest BCUT2D eigenvalue weighted by Crippen LogP contribution is 2.30. The van der Waals surface area contributed by atoms with Crippen molar-refractivity contribution in [2.24, 2.45) is 0 Å². The Labute approximate surface area is 173 Å². The highest BCUT2D eigenvalue weighted by atomic mass is 79.9. The van der Waals surface area contributed by atoms with Crippen LogP contribution in [0.2, 0.25) is 0 Å². The van der Waals surface area contributed by atoms with Crippen molar-refractivity contribution >= 4 is 26.7 Å². The number of fused-ring (bicyclic) bond motifs is 1. The summed E-state index contributed by atoms with van der Waals surface area (Å²) in [4.78, 5) is 0. The van der Waals surface area contributed by atoms with E-state index in [9.17, 15) is 0 Å². The van der Waals surface area contributed by atoms with Gasteiger partial charge in [0.15, 0.2) is 0 Å². The lowest BCUT2D eigenvalue weighted by molar-refractivity contribution is 0.303. The first-order valence-corrected chi connectivity index (χ1v) is 11.7. The van der Waals surface area contributed by atoms with Gasteiger partial charge in [0.25, 0.3) is 0 Å². The van der Waals surface area contributed by atoms with Gasteiger partial charge >= 0.3 is 0 Å². The first-order valence-electron chi connectivity index (χ1n) is 10.6. The van der Waals surface area contributed by atoms with Gasteiger partial charge in [0.1, 0.15) is 11.5 Å². The summed E-state index contributed by atoms with van der Waals surface area (Å²) in [6.45, 7) is 6.01. The molecule has 0 aliphatic carbocycles. The molecule has 0 atom stereocenters. The lowest BCUT2D eigenvalue weighted by atomic mass is 10.0. The monoisotopic (exact) mass is 434 g/mol. The zero-order valence-electron chi connectivity index (χ0n) is 17.1. The van der Waals surface area contributed by atoms with Crippen molar-refractivity contribution in [2.75, 3.05) is 18.5 Å². The predicted octanol–water partition coefficient (Wildman–Crippen LogP) is 7.83. The van der Waals surface area contributed by atoms with Crippen LogP contribution in [0.3, 0.4) is 0 Å². The third kappa shape index (κ3) is 7.73. The Morgan fingerprint density at radius 3 is 2.22 bits per heavy atom. The van der Waals surface area contributed by atoms with E-state index in [1.54, 1.807) is 0 Å². The minimum Gasteiger partial charge on any atom is -0.494 e. The Kier molecular flexibility index (Phi) is 10.7. The maximum atomic E-state index is 6.02. The van der Waals surface area contributed by atoms with Crippen LogP contribution in [0.5, 0.6) is 11.5 Å². The van der Waals surface area contributed by atoms with E-state index in [1.807, 2.05) is 0 Å². The molecule has 0 saturated heterocycles. The molecule has 2 rings (SSSR count). The van der Waals surface area contributed by atoms with Crippen molar-refractivity contribution < 1.29 is 9.47 Å². The number of halogens is 1. The maximum Gasteiger partial charge on any atom is 0.122 e. The number of ether oxygens (including phenoxy) is 2. The fourth-order valence-electron chi connectivity index (χ4n) is 3.32. The number of aryl methyl sites for hydroxylation is 1. The van der Waals surface area contributed by atoms with Crippen LogP contribution in [0.4, 0.5) is 0 Å². The topological polar surface area (TPSA) is 18.5 Å². The number of unbranched alkanes of at least 4 members (excludes halogenated alkanes) is 7. The van der Waals surface area contributed by atoms with E-state index in [0.29, 0.717) is 0 Å². The highest BCUT2D eigenvalue weighted by Gasteiger charge is 2.06. The first-order chi connectivity index (χ1) is 13.3. The number of hydrogen-bond acceptors (Lipinski definition) is 2. The van der Waals surface area contributed by atoms with Crippen molar-refractivity contribution in [3.63, 3.8) is 0 Å². The first kappa shape index (κ1) is 22.1. The van der Waals surface area contributed by atoms with Gasteiger partial charge in [-0.25, -0.2) is 0 Å². The molecule has 0 aliphatic heterocycles. The summed E-state index contributed by atoms with van der Waals surface area (Å²) in [7, 11) is 0. The van der Waals surface area contributed by atoms with Gasteiger partial charge in [-0.05, 0) is 60.7 Å². The van der Waals surface area contributed by atoms with Gasteiger partial charge in [-0.1, -0.05) is 73.5 Å². The Morgan fingerprint density at radius 1 is 0.778 bits per heavy atom. The van der Waals surface area contributed by atoms with Gasteiger partial charge in [0.05, 0.1) is 13.2 Å². The normalized spacial score (nSPS) is 11.1. The van der Waals surface area contributed by atoms with Gasteiger partial charge in [-0.2, -0.15) is 0 Å². The molecule has 0 amide bonds. The van der Waals surface area contributed by atoms with Crippen molar-refractivity contribution in [3.05, 3.63) is 35.9 Å². The SMILES string of the molecule is CCCCCCCOc1ccc2c(C)c(OCCCCCCBr)ccc2c1. The second-order valence-electron chi connectivity index (χ2n) is 7.29. The van der Waals surface area contributed by atoms with E-state index < -0.39 is 0 Å². The van der Waals surface area contributed by atoms with Crippen molar-refractivity contribution in [1.29, 1.82) is 0 Å². The van der Waals surface area contributed by atoms with Crippen LogP contribution in [-0.2, 0) is 0 Å². The van der Waals surface area contributed by atoms with E-state index >= 15 is 0 Å². The fraction of sp³-hybridized carbons (Fsp3) is 0.583. The van der Waals surface area contributed by atoms with Gasteiger partial charge < -0.3 is 9.47 Å². The number of rotatable bonds is 14. The molecule has 0 radical (unpaired) electrons. The molecule has 0 heterocycles. The van der Waals surface area contributed by atoms with E-state index in [4.69, 9.17) is 9.47 Å². The van der Waals surface area contributed by atoms with Crippen LogP contribution < -0.4 is 9.47 Å². The van der Waals surface area contributed by atoms with Gasteiger partial charge in [0, 0.05) is 5.33 Å². The fourth-order valence-corrected chi connectivity index (χ4v) is 3.71. The molecule has 0 fully saturated rings.